The van der Waals surface area contributed by atoms with Gasteiger partial charge in [0.15, 0.2) is 5.13 Å². The first-order chi connectivity index (χ1) is 9.06. The van der Waals surface area contributed by atoms with Crippen LogP contribution in [0.15, 0.2) is 17.5 Å². The van der Waals surface area contributed by atoms with E-state index < -0.39 is 0 Å². The fourth-order valence-electron chi connectivity index (χ4n) is 2.80. The van der Waals surface area contributed by atoms with Crippen LogP contribution in [0.4, 0.5) is 5.13 Å². The Morgan fingerprint density at radius 3 is 3.05 bits per heavy atom. The third-order valence-electron chi connectivity index (χ3n) is 4.05. The summed E-state index contributed by atoms with van der Waals surface area (Å²) in [6, 6.07) is 0. The number of hydrogen-bond donors (Lipinski definition) is 1. The number of esters is 1. The molecule has 0 bridgehead atoms. The number of anilines is 1. The number of nitrogens with zero attached hydrogens (tertiary/aromatic N) is 1. The van der Waals surface area contributed by atoms with Crippen LogP contribution in [0.2, 0.25) is 0 Å². The minimum Gasteiger partial charge on any atom is -0.466 e. The van der Waals surface area contributed by atoms with Gasteiger partial charge in [-0.25, -0.2) is 9.78 Å². The molecule has 2 unspecified atom stereocenters. The van der Waals surface area contributed by atoms with Crippen LogP contribution in [0.5, 0.6) is 0 Å². The molecule has 0 aromatic carbocycles. The molecule has 0 aliphatic heterocycles. The van der Waals surface area contributed by atoms with Crippen molar-refractivity contribution in [1.29, 1.82) is 0 Å². The normalized spacial score (nSPS) is 27.6. The van der Waals surface area contributed by atoms with Crippen LogP contribution in [0, 0.1) is 5.92 Å². The summed E-state index contributed by atoms with van der Waals surface area (Å²) < 4.78 is 4.66. The highest BCUT2D eigenvalue weighted by molar-refractivity contribution is 7.13. The summed E-state index contributed by atoms with van der Waals surface area (Å²) in [6.07, 6.45) is 8.03. The second-order valence-electron chi connectivity index (χ2n) is 5.22. The maximum Gasteiger partial charge on any atom is 0.330 e. The van der Waals surface area contributed by atoms with Crippen LogP contribution in [-0.4, -0.2) is 18.1 Å². The van der Waals surface area contributed by atoms with Crippen molar-refractivity contribution in [3.05, 3.63) is 23.2 Å². The van der Waals surface area contributed by atoms with E-state index in [2.05, 4.69) is 16.6 Å². The number of rotatable bonds is 3. The van der Waals surface area contributed by atoms with E-state index in [0.29, 0.717) is 11.0 Å². The second-order valence-corrected chi connectivity index (χ2v) is 6.11. The van der Waals surface area contributed by atoms with E-state index in [9.17, 15) is 4.79 Å². The Kier molecular flexibility index (Phi) is 4.24. The first kappa shape index (κ1) is 14.1. The largest absolute Gasteiger partial charge is 0.466 e. The van der Waals surface area contributed by atoms with E-state index in [4.69, 9.17) is 5.73 Å². The predicted molar refractivity (Wildman–Crippen MR) is 77.0 cm³/mol. The lowest BCUT2D eigenvalue weighted by Gasteiger charge is -2.39. The Morgan fingerprint density at radius 2 is 2.42 bits per heavy atom. The summed E-state index contributed by atoms with van der Waals surface area (Å²) in [5.41, 5.74) is 6.77. The summed E-state index contributed by atoms with van der Waals surface area (Å²) in [5, 5.41) is 2.65. The summed E-state index contributed by atoms with van der Waals surface area (Å²) in [4.78, 5) is 15.7. The lowest BCUT2D eigenvalue weighted by atomic mass is 9.66. The highest BCUT2D eigenvalue weighted by Gasteiger charge is 2.38. The van der Waals surface area contributed by atoms with E-state index in [1.54, 1.807) is 0 Å². The zero-order valence-electron chi connectivity index (χ0n) is 11.4. The molecule has 0 saturated heterocycles. The van der Waals surface area contributed by atoms with Crippen LogP contribution < -0.4 is 5.73 Å². The number of methoxy groups -OCH3 is 1. The Balaban J connectivity index is 2.24. The molecule has 0 spiro atoms. The van der Waals surface area contributed by atoms with Crippen molar-refractivity contribution < 1.29 is 9.53 Å². The number of carbonyl (C=O) groups is 1. The average molecular weight is 280 g/mol. The minimum atomic E-state index is -0.300. The number of allylic oxidation sites excluding steroid dienone is 1. The maximum atomic E-state index is 11.3. The van der Waals surface area contributed by atoms with Crippen molar-refractivity contribution in [1.82, 2.24) is 4.98 Å². The van der Waals surface area contributed by atoms with Crippen LogP contribution in [0.25, 0.3) is 0 Å². The Morgan fingerprint density at radius 1 is 1.63 bits per heavy atom. The van der Waals surface area contributed by atoms with Gasteiger partial charge in [-0.1, -0.05) is 25.8 Å². The van der Waals surface area contributed by atoms with Crippen molar-refractivity contribution >= 4 is 22.4 Å². The Labute approximate surface area is 117 Å². The van der Waals surface area contributed by atoms with Gasteiger partial charge in [0.1, 0.15) is 0 Å². The van der Waals surface area contributed by atoms with E-state index in [0.717, 1.165) is 18.5 Å². The molecule has 2 atom stereocenters. The third-order valence-corrected chi connectivity index (χ3v) is 4.73. The Bertz CT molecular complexity index is 484. The molecule has 0 radical (unpaired) electrons. The zero-order valence-corrected chi connectivity index (χ0v) is 12.2. The monoisotopic (exact) mass is 280 g/mol. The molecule has 1 saturated carbocycles. The molecule has 1 aromatic rings. The van der Waals surface area contributed by atoms with Crippen molar-refractivity contribution in [2.45, 2.75) is 38.0 Å². The number of nitrogen functional groups attached to an aromatic ring is 1. The van der Waals surface area contributed by atoms with Gasteiger partial charge in [0.2, 0.25) is 0 Å². The minimum absolute atomic E-state index is 0.0309. The topological polar surface area (TPSA) is 65.2 Å². The van der Waals surface area contributed by atoms with Gasteiger partial charge in [-0.2, -0.15) is 0 Å². The van der Waals surface area contributed by atoms with Crippen molar-refractivity contribution in [2.75, 3.05) is 12.8 Å². The van der Waals surface area contributed by atoms with E-state index in [1.165, 1.54) is 37.4 Å². The fourth-order valence-corrected chi connectivity index (χ4v) is 3.51. The van der Waals surface area contributed by atoms with E-state index in [-0.39, 0.29) is 11.4 Å². The predicted octanol–water partition coefficient (Wildman–Crippen LogP) is 2.90. The van der Waals surface area contributed by atoms with Crippen LogP contribution in [-0.2, 0) is 14.9 Å². The SMILES string of the molecule is COC(=O)C=CC1CCCCC1(C)c1csc(N)n1. The number of hydrogen-bond acceptors (Lipinski definition) is 5. The molecule has 4 nitrogen and oxygen atoms in total. The number of nitrogens with two attached hydrogens (primary N) is 1. The van der Waals surface area contributed by atoms with Gasteiger partial charge in [-0.15, -0.1) is 11.3 Å². The average Bonchev–Trinajstić information content (AvgIpc) is 2.84. The van der Waals surface area contributed by atoms with Gasteiger partial charge in [0, 0.05) is 16.9 Å². The number of ether oxygens (including phenoxy) is 1. The lowest BCUT2D eigenvalue weighted by Crippen LogP contribution is -2.34. The molecule has 2 rings (SSSR count). The maximum absolute atomic E-state index is 11.3. The van der Waals surface area contributed by atoms with Crippen molar-refractivity contribution in [2.24, 2.45) is 5.92 Å². The lowest BCUT2D eigenvalue weighted by molar-refractivity contribution is -0.134. The molecule has 1 fully saturated rings. The van der Waals surface area contributed by atoms with Gasteiger partial charge in [-0.3, -0.25) is 0 Å². The molecule has 2 N–H and O–H groups in total. The fraction of sp³-hybridized carbons (Fsp3) is 0.571. The molecule has 1 aliphatic carbocycles. The third kappa shape index (κ3) is 2.97. The van der Waals surface area contributed by atoms with Gasteiger partial charge >= 0.3 is 5.97 Å². The highest BCUT2D eigenvalue weighted by Crippen LogP contribution is 2.44. The van der Waals surface area contributed by atoms with Gasteiger partial charge in [0.05, 0.1) is 12.8 Å². The molecule has 19 heavy (non-hydrogen) atoms. The van der Waals surface area contributed by atoms with Gasteiger partial charge < -0.3 is 10.5 Å². The first-order valence-corrected chi connectivity index (χ1v) is 7.42. The molecular weight excluding hydrogens is 260 g/mol. The second kappa shape index (κ2) is 5.74. The summed E-state index contributed by atoms with van der Waals surface area (Å²) >= 11 is 1.48. The molecule has 5 heteroatoms. The van der Waals surface area contributed by atoms with Crippen molar-refractivity contribution in [3.63, 3.8) is 0 Å². The smallest absolute Gasteiger partial charge is 0.330 e. The van der Waals surface area contributed by atoms with E-state index >= 15 is 0 Å². The van der Waals surface area contributed by atoms with Gasteiger partial charge in [-0.05, 0) is 18.8 Å². The number of thiazole rings is 1. The van der Waals surface area contributed by atoms with Crippen LogP contribution in [0.3, 0.4) is 0 Å². The van der Waals surface area contributed by atoms with E-state index in [1.807, 2.05) is 11.5 Å². The molecule has 1 aliphatic rings. The van der Waals surface area contributed by atoms with Crippen LogP contribution in [0.1, 0.15) is 38.3 Å². The molecular formula is C14H20N2O2S. The van der Waals surface area contributed by atoms with Crippen LogP contribution >= 0.6 is 11.3 Å². The zero-order chi connectivity index (χ0) is 13.9. The standard InChI is InChI=1S/C14H20N2O2S/c1-14(11-9-19-13(15)16-11)8-4-3-5-10(14)6-7-12(17)18-2/h6-7,9-10H,3-5,8H2,1-2H3,(H2,15,16). The molecule has 1 heterocycles. The number of aromatic nitrogens is 1. The quantitative estimate of drug-likeness (QED) is 0.683. The molecule has 0 amide bonds. The van der Waals surface area contributed by atoms with Gasteiger partial charge in [0.25, 0.3) is 0 Å². The number of carbonyl (C=O) groups excluding carboxylic acids is 1. The molecule has 1 aromatic heterocycles. The van der Waals surface area contributed by atoms with Crippen molar-refractivity contribution in [3.8, 4) is 0 Å². The molecule has 104 valence electrons. The first-order valence-electron chi connectivity index (χ1n) is 6.54. The summed E-state index contributed by atoms with van der Waals surface area (Å²) in [6.45, 7) is 2.22. The summed E-state index contributed by atoms with van der Waals surface area (Å²) in [7, 11) is 1.40. The summed E-state index contributed by atoms with van der Waals surface area (Å²) in [5.74, 6) is 0.00700. The highest BCUT2D eigenvalue weighted by atomic mass is 32.1. The Hall–Kier alpha value is -1.36.